The van der Waals surface area contributed by atoms with E-state index < -0.39 is 18.2 Å². The van der Waals surface area contributed by atoms with Crippen LogP contribution in [-0.2, 0) is 27.2 Å². The van der Waals surface area contributed by atoms with Crippen LogP contribution < -0.4 is 10.6 Å². The molecule has 1 heterocycles. The molecule has 0 radical (unpaired) electrons. The maximum Gasteiger partial charge on any atom is 0.246 e. The van der Waals surface area contributed by atoms with Crippen LogP contribution in [0.5, 0.6) is 0 Å². The van der Waals surface area contributed by atoms with Gasteiger partial charge in [0.1, 0.15) is 12.1 Å². The molecule has 0 bridgehead atoms. The molecule has 3 amide bonds. The fraction of sp³-hybridized carbons (Fsp3) is 0.424. The number of benzene rings is 2. The number of carbonyl (C=O) groups excluding carboxylic acids is 3. The highest BCUT2D eigenvalue weighted by Crippen LogP contribution is 2.21. The van der Waals surface area contributed by atoms with Crippen LogP contribution in [0.4, 0.5) is 0 Å². The number of aliphatic hydroxyl groups is 1. The molecule has 3 aromatic rings. The number of hydrogen-bond acceptors (Lipinski definition) is 6. The molecule has 2 aromatic carbocycles. The highest BCUT2D eigenvalue weighted by Gasteiger charge is 2.35. The first kappa shape index (κ1) is 33.0. The molecule has 0 aliphatic heterocycles. The summed E-state index contributed by atoms with van der Waals surface area (Å²) in [5.41, 5.74) is 0.735. The molecule has 0 spiro atoms. The largest absolute Gasteiger partial charge is 0.392 e. The third-order valence-corrected chi connectivity index (χ3v) is 8.47. The molecule has 3 rings (SSSR count). The molecule has 0 aliphatic rings. The topological polar surface area (TPSA) is 102 Å². The van der Waals surface area contributed by atoms with Crippen molar-refractivity contribution in [3.63, 3.8) is 0 Å². The normalized spacial score (nSPS) is 14.0. The lowest BCUT2D eigenvalue weighted by molar-refractivity contribution is -0.146. The summed E-state index contributed by atoms with van der Waals surface area (Å²) < 4.78 is 0. The van der Waals surface area contributed by atoms with Crippen LogP contribution in [0, 0.1) is 0 Å². The highest BCUT2D eigenvalue weighted by atomic mass is 32.1. The van der Waals surface area contributed by atoms with Crippen LogP contribution >= 0.6 is 11.3 Å². The Bertz CT molecular complexity index is 1370. The van der Waals surface area contributed by atoms with E-state index in [4.69, 9.17) is 0 Å². The smallest absolute Gasteiger partial charge is 0.246 e. The summed E-state index contributed by atoms with van der Waals surface area (Å²) in [5.74, 6) is -0.979. The summed E-state index contributed by atoms with van der Waals surface area (Å²) in [7, 11) is 5.12. The maximum absolute atomic E-state index is 14.2. The second kappa shape index (κ2) is 15.1. The van der Waals surface area contributed by atoms with Crippen molar-refractivity contribution in [2.45, 2.75) is 63.8 Å². The second-order valence-electron chi connectivity index (χ2n) is 11.4. The van der Waals surface area contributed by atoms with Gasteiger partial charge in [-0.2, -0.15) is 0 Å². The van der Waals surface area contributed by atoms with Gasteiger partial charge in [-0.15, -0.1) is 11.3 Å². The Kier molecular flexibility index (Phi) is 11.8. The maximum atomic E-state index is 14.2. The molecule has 226 valence electrons. The number of hydrogen-bond donors (Lipinski definition) is 3. The molecule has 0 fully saturated rings. The molecule has 0 unspecified atom stereocenters. The van der Waals surface area contributed by atoms with Gasteiger partial charge in [-0.1, -0.05) is 54.6 Å². The highest BCUT2D eigenvalue weighted by molar-refractivity contribution is 7.09. The van der Waals surface area contributed by atoms with Crippen LogP contribution in [0.15, 0.2) is 72.1 Å². The average Bonchev–Trinajstić information content (AvgIpc) is 3.49. The lowest BCUT2D eigenvalue weighted by atomic mass is 9.98. The Morgan fingerprint density at radius 1 is 0.976 bits per heavy atom. The van der Waals surface area contributed by atoms with Crippen LogP contribution in [0.25, 0.3) is 10.8 Å². The van der Waals surface area contributed by atoms with Crippen molar-refractivity contribution in [2.24, 2.45) is 0 Å². The second-order valence-corrected chi connectivity index (χ2v) is 12.5. The first-order valence-electron chi connectivity index (χ1n) is 14.3. The lowest BCUT2D eigenvalue weighted by Gasteiger charge is -2.34. The molecule has 0 saturated carbocycles. The molecule has 42 heavy (non-hydrogen) atoms. The van der Waals surface area contributed by atoms with Gasteiger partial charge in [0.05, 0.1) is 6.10 Å². The number of thiophene rings is 1. The number of aliphatic hydroxyl groups excluding tert-OH is 1. The number of carbonyl (C=O) groups is 3. The molecule has 0 saturated heterocycles. The van der Waals surface area contributed by atoms with Crippen molar-refractivity contribution < 1.29 is 19.5 Å². The molecule has 9 heteroatoms. The Labute approximate surface area is 253 Å². The minimum Gasteiger partial charge on any atom is -0.392 e. The number of rotatable bonds is 14. The Balaban J connectivity index is 1.93. The van der Waals surface area contributed by atoms with Gasteiger partial charge in [0.25, 0.3) is 0 Å². The van der Waals surface area contributed by atoms with E-state index in [-0.39, 0.29) is 36.2 Å². The van der Waals surface area contributed by atoms with Gasteiger partial charge in [0.2, 0.25) is 17.7 Å². The van der Waals surface area contributed by atoms with Gasteiger partial charge in [0, 0.05) is 43.9 Å². The SMILES string of the molecule is CNC(C)(C)CC=CC(=O)N(C)[C@H](Cc1ccc2ccccc2c1)C(=O)N(C)[C@H](Cc1cccs1)C(=O)NC[C@@H](C)O. The van der Waals surface area contributed by atoms with Crippen LogP contribution in [0.3, 0.4) is 0 Å². The lowest BCUT2D eigenvalue weighted by Crippen LogP contribution is -2.56. The van der Waals surface area contributed by atoms with E-state index in [2.05, 4.69) is 10.6 Å². The monoisotopic (exact) mass is 592 g/mol. The van der Waals surface area contributed by atoms with Gasteiger partial charge in [-0.3, -0.25) is 14.4 Å². The Morgan fingerprint density at radius 3 is 2.33 bits per heavy atom. The van der Waals surface area contributed by atoms with Crippen molar-refractivity contribution in [1.82, 2.24) is 20.4 Å². The van der Waals surface area contributed by atoms with Gasteiger partial charge >= 0.3 is 0 Å². The van der Waals surface area contributed by atoms with Crippen LogP contribution in [0.1, 0.15) is 37.6 Å². The zero-order chi connectivity index (χ0) is 30.9. The van der Waals surface area contributed by atoms with Crippen molar-refractivity contribution in [1.29, 1.82) is 0 Å². The van der Waals surface area contributed by atoms with Gasteiger partial charge in [-0.25, -0.2) is 0 Å². The van der Waals surface area contributed by atoms with E-state index in [1.54, 1.807) is 21.0 Å². The molecule has 3 N–H and O–H groups in total. The first-order chi connectivity index (χ1) is 19.9. The first-order valence-corrected chi connectivity index (χ1v) is 15.1. The molecular weight excluding hydrogens is 548 g/mol. The zero-order valence-corrected chi connectivity index (χ0v) is 26.3. The Morgan fingerprint density at radius 2 is 1.69 bits per heavy atom. The third-order valence-electron chi connectivity index (χ3n) is 7.57. The summed E-state index contributed by atoms with van der Waals surface area (Å²) in [5, 5.41) is 19.8. The van der Waals surface area contributed by atoms with Gasteiger partial charge < -0.3 is 25.5 Å². The summed E-state index contributed by atoms with van der Waals surface area (Å²) in [6, 6.07) is 16.2. The minimum absolute atomic E-state index is 0.0778. The number of fused-ring (bicyclic) bond motifs is 1. The van der Waals surface area contributed by atoms with Crippen molar-refractivity contribution in [3.05, 3.63) is 82.6 Å². The van der Waals surface area contributed by atoms with Crippen LogP contribution in [0.2, 0.25) is 0 Å². The van der Waals surface area contributed by atoms with Crippen molar-refractivity contribution >= 4 is 39.8 Å². The predicted molar refractivity (Wildman–Crippen MR) is 170 cm³/mol. The van der Waals surface area contributed by atoms with E-state index >= 15 is 0 Å². The average molecular weight is 593 g/mol. The molecule has 8 nitrogen and oxygen atoms in total. The number of nitrogens with one attached hydrogen (secondary N) is 2. The van der Waals surface area contributed by atoms with Crippen LogP contribution in [-0.4, -0.2) is 84.0 Å². The van der Waals surface area contributed by atoms with Gasteiger partial charge in [-0.05, 0) is 68.1 Å². The van der Waals surface area contributed by atoms with Gasteiger partial charge in [0.15, 0.2) is 0 Å². The van der Waals surface area contributed by atoms with Crippen molar-refractivity contribution in [3.8, 4) is 0 Å². The van der Waals surface area contributed by atoms with Crippen molar-refractivity contribution in [2.75, 3.05) is 27.7 Å². The summed E-state index contributed by atoms with van der Waals surface area (Å²) in [6.45, 7) is 5.76. The van der Waals surface area contributed by atoms with E-state index in [0.717, 1.165) is 21.2 Å². The standard InChI is InChI=1S/C33H44N4O4S/c1-23(38)22-35-31(40)28(21-27-13-10-18-42-27)37(6)32(41)29(36(5)30(39)14-9-17-33(2,3)34-4)20-24-15-16-25-11-7-8-12-26(25)19-24/h7-16,18-19,23,28-29,34,38H,17,20-22H2,1-6H3,(H,35,40)/t23-,28-,29-/m1/s1. The summed E-state index contributed by atoms with van der Waals surface area (Å²) in [6.07, 6.45) is 3.86. The summed E-state index contributed by atoms with van der Waals surface area (Å²) in [4.78, 5) is 44.8. The third kappa shape index (κ3) is 9.24. The number of nitrogens with zero attached hydrogens (tertiary/aromatic N) is 2. The predicted octanol–water partition coefficient (Wildman–Crippen LogP) is 3.78. The molecular formula is C33H44N4O4S. The Hall–Kier alpha value is -3.53. The van der Waals surface area contributed by atoms with E-state index in [0.29, 0.717) is 12.8 Å². The van der Waals surface area contributed by atoms with E-state index in [1.165, 1.54) is 27.2 Å². The molecule has 0 aliphatic carbocycles. The molecule has 3 atom stereocenters. The quantitative estimate of drug-likeness (QED) is 0.247. The number of amides is 3. The zero-order valence-electron chi connectivity index (χ0n) is 25.5. The summed E-state index contributed by atoms with van der Waals surface area (Å²) >= 11 is 1.51. The van der Waals surface area contributed by atoms with E-state index in [9.17, 15) is 19.5 Å². The molecule has 1 aromatic heterocycles. The number of likely N-dealkylation sites (N-methyl/N-ethyl adjacent to an activating group) is 2. The van der Waals surface area contributed by atoms with E-state index in [1.807, 2.05) is 86.9 Å². The minimum atomic E-state index is -0.846. The fourth-order valence-corrected chi connectivity index (χ4v) is 5.33. The fourth-order valence-electron chi connectivity index (χ4n) is 4.59.